The van der Waals surface area contributed by atoms with Crippen LogP contribution in [0.4, 0.5) is 5.69 Å². The molecule has 0 spiro atoms. The molecule has 0 saturated carbocycles. The van der Waals surface area contributed by atoms with E-state index in [1.165, 1.54) is 5.56 Å². The number of ether oxygens (including phenoxy) is 2. The van der Waals surface area contributed by atoms with E-state index in [2.05, 4.69) is 50.8 Å². The Morgan fingerprint density at radius 3 is 2.56 bits per heavy atom. The Hall–Kier alpha value is -3.20. The maximum absolute atomic E-state index is 5.67. The number of tetrazole rings is 1. The average molecular weight is 453 g/mol. The van der Waals surface area contributed by atoms with Gasteiger partial charge in [0.2, 0.25) is 5.82 Å². The first kappa shape index (κ1) is 22.0. The van der Waals surface area contributed by atoms with Crippen LogP contribution in [0.15, 0.2) is 42.5 Å². The predicted molar refractivity (Wildman–Crippen MR) is 128 cm³/mol. The summed E-state index contributed by atoms with van der Waals surface area (Å²) in [6.45, 7) is 3.84. The average Bonchev–Trinajstić information content (AvgIpc) is 3.34. The molecule has 32 heavy (non-hydrogen) atoms. The number of hydrogen-bond acceptors (Lipinski definition) is 6. The summed E-state index contributed by atoms with van der Waals surface area (Å²) in [7, 11) is 3.22. The van der Waals surface area contributed by atoms with Crippen molar-refractivity contribution in [3.63, 3.8) is 0 Å². The number of benzene rings is 2. The van der Waals surface area contributed by atoms with E-state index in [1.807, 2.05) is 24.3 Å². The molecule has 1 fully saturated rings. The van der Waals surface area contributed by atoms with Crippen LogP contribution >= 0.6 is 12.2 Å². The number of anilines is 1. The van der Waals surface area contributed by atoms with Crippen molar-refractivity contribution in [3.05, 3.63) is 48.0 Å². The fraction of sp³-hybridized carbons (Fsp3) is 0.391. The molecule has 0 aliphatic carbocycles. The third kappa shape index (κ3) is 4.67. The van der Waals surface area contributed by atoms with E-state index in [-0.39, 0.29) is 6.04 Å². The van der Waals surface area contributed by atoms with E-state index >= 15 is 0 Å². The van der Waals surface area contributed by atoms with Gasteiger partial charge in [0.1, 0.15) is 0 Å². The minimum atomic E-state index is 0.193. The molecular formula is C23H28N6O2S. The standard InChI is InChI=1S/C23H28N6O2S/c1-4-16-7-5-6-8-19(16)24-23(32)28-13-11-18(12-14-28)29-26-22(25-27-29)17-9-10-20(30-2)21(15-17)31-3/h5-10,15,18H,4,11-14H2,1-3H3,(H,24,32). The normalized spacial score (nSPS) is 14.3. The SMILES string of the molecule is CCc1ccccc1NC(=S)N1CCC(n2nnc(-c3ccc(OC)c(OC)c3)n2)CC1. The summed E-state index contributed by atoms with van der Waals surface area (Å²) in [5.41, 5.74) is 3.19. The fourth-order valence-electron chi connectivity index (χ4n) is 3.92. The van der Waals surface area contributed by atoms with E-state index < -0.39 is 0 Å². The van der Waals surface area contributed by atoms with Crippen molar-refractivity contribution in [2.24, 2.45) is 0 Å². The molecule has 0 bridgehead atoms. The number of methoxy groups -OCH3 is 2. The van der Waals surface area contributed by atoms with Crippen molar-refractivity contribution < 1.29 is 9.47 Å². The lowest BCUT2D eigenvalue weighted by molar-refractivity contribution is 0.238. The molecule has 1 aliphatic heterocycles. The number of likely N-dealkylation sites (tertiary alicyclic amines) is 1. The van der Waals surface area contributed by atoms with Gasteiger partial charge in [-0.1, -0.05) is 25.1 Å². The summed E-state index contributed by atoms with van der Waals surface area (Å²) in [5, 5.41) is 17.4. The summed E-state index contributed by atoms with van der Waals surface area (Å²) in [4.78, 5) is 3.94. The Bertz CT molecular complexity index is 1080. The molecule has 9 heteroatoms. The first-order valence-electron chi connectivity index (χ1n) is 10.8. The molecule has 3 aromatic rings. The molecular weight excluding hydrogens is 424 g/mol. The zero-order chi connectivity index (χ0) is 22.5. The van der Waals surface area contributed by atoms with Gasteiger partial charge in [-0.3, -0.25) is 0 Å². The van der Waals surface area contributed by atoms with Crippen molar-refractivity contribution >= 4 is 23.0 Å². The number of aryl methyl sites for hydroxylation is 1. The van der Waals surface area contributed by atoms with E-state index in [0.717, 1.165) is 48.7 Å². The van der Waals surface area contributed by atoms with Crippen molar-refractivity contribution in [2.75, 3.05) is 32.6 Å². The molecule has 0 radical (unpaired) electrons. The van der Waals surface area contributed by atoms with Gasteiger partial charge in [0.15, 0.2) is 16.6 Å². The van der Waals surface area contributed by atoms with Gasteiger partial charge in [0.25, 0.3) is 0 Å². The summed E-state index contributed by atoms with van der Waals surface area (Å²) >= 11 is 5.67. The summed E-state index contributed by atoms with van der Waals surface area (Å²) < 4.78 is 10.7. The number of para-hydroxylation sites is 1. The lowest BCUT2D eigenvalue weighted by Gasteiger charge is -2.33. The number of piperidine rings is 1. The summed E-state index contributed by atoms with van der Waals surface area (Å²) in [5.74, 6) is 1.88. The van der Waals surface area contributed by atoms with Gasteiger partial charge in [0, 0.05) is 24.3 Å². The predicted octanol–water partition coefficient (Wildman–Crippen LogP) is 3.95. The Morgan fingerprint density at radius 2 is 1.84 bits per heavy atom. The third-order valence-electron chi connectivity index (χ3n) is 5.79. The fourth-order valence-corrected chi connectivity index (χ4v) is 4.21. The maximum atomic E-state index is 5.67. The van der Waals surface area contributed by atoms with E-state index in [9.17, 15) is 0 Å². The highest BCUT2D eigenvalue weighted by Crippen LogP contribution is 2.31. The van der Waals surface area contributed by atoms with Crippen LogP contribution in [0.2, 0.25) is 0 Å². The molecule has 4 rings (SSSR count). The first-order chi connectivity index (χ1) is 15.6. The molecule has 1 saturated heterocycles. The second kappa shape index (κ2) is 9.95. The van der Waals surface area contributed by atoms with Crippen LogP contribution in [0.5, 0.6) is 11.5 Å². The minimum Gasteiger partial charge on any atom is -0.493 e. The number of thiocarbonyl (C=S) groups is 1. The quantitative estimate of drug-likeness (QED) is 0.564. The number of rotatable bonds is 6. The second-order valence-electron chi connectivity index (χ2n) is 7.66. The lowest BCUT2D eigenvalue weighted by atomic mass is 10.1. The van der Waals surface area contributed by atoms with Crippen LogP contribution in [-0.4, -0.2) is 57.5 Å². The van der Waals surface area contributed by atoms with Crippen molar-refractivity contribution in [1.82, 2.24) is 25.1 Å². The number of hydrogen-bond donors (Lipinski definition) is 1. The van der Waals surface area contributed by atoms with Crippen LogP contribution in [0.1, 0.15) is 31.4 Å². The Kier molecular flexibility index (Phi) is 6.84. The summed E-state index contributed by atoms with van der Waals surface area (Å²) in [6, 6.07) is 14.1. The molecule has 0 unspecified atom stereocenters. The number of nitrogens with one attached hydrogen (secondary N) is 1. The third-order valence-corrected chi connectivity index (χ3v) is 6.15. The topological polar surface area (TPSA) is 77.3 Å². The van der Waals surface area contributed by atoms with Gasteiger partial charge < -0.3 is 19.7 Å². The summed E-state index contributed by atoms with van der Waals surface area (Å²) in [6.07, 6.45) is 2.77. The smallest absolute Gasteiger partial charge is 0.205 e. The largest absolute Gasteiger partial charge is 0.493 e. The molecule has 168 valence electrons. The molecule has 0 amide bonds. The highest BCUT2D eigenvalue weighted by atomic mass is 32.1. The van der Waals surface area contributed by atoms with Crippen molar-refractivity contribution in [3.8, 4) is 22.9 Å². The van der Waals surface area contributed by atoms with Gasteiger partial charge in [-0.05, 0) is 66.5 Å². The van der Waals surface area contributed by atoms with Gasteiger partial charge in [-0.15, -0.1) is 10.2 Å². The number of nitrogens with zero attached hydrogens (tertiary/aromatic N) is 5. The molecule has 2 heterocycles. The molecule has 1 aromatic heterocycles. The van der Waals surface area contributed by atoms with Crippen LogP contribution in [-0.2, 0) is 6.42 Å². The van der Waals surface area contributed by atoms with Gasteiger partial charge in [-0.25, -0.2) is 0 Å². The van der Waals surface area contributed by atoms with Crippen molar-refractivity contribution in [2.45, 2.75) is 32.2 Å². The van der Waals surface area contributed by atoms with Crippen LogP contribution in [0, 0.1) is 0 Å². The monoisotopic (exact) mass is 452 g/mol. The van der Waals surface area contributed by atoms with Gasteiger partial charge in [-0.2, -0.15) is 4.80 Å². The molecule has 0 atom stereocenters. The van der Waals surface area contributed by atoms with Crippen LogP contribution < -0.4 is 14.8 Å². The number of aromatic nitrogens is 4. The Morgan fingerprint density at radius 1 is 1.09 bits per heavy atom. The zero-order valence-corrected chi connectivity index (χ0v) is 19.4. The minimum absolute atomic E-state index is 0.193. The maximum Gasteiger partial charge on any atom is 0.205 e. The van der Waals surface area contributed by atoms with Gasteiger partial charge >= 0.3 is 0 Å². The zero-order valence-electron chi connectivity index (χ0n) is 18.6. The Labute approximate surface area is 193 Å². The molecule has 8 nitrogen and oxygen atoms in total. The molecule has 2 aromatic carbocycles. The van der Waals surface area contributed by atoms with E-state index in [4.69, 9.17) is 21.7 Å². The van der Waals surface area contributed by atoms with E-state index in [1.54, 1.807) is 19.0 Å². The molecule has 1 aliphatic rings. The van der Waals surface area contributed by atoms with Gasteiger partial charge in [0.05, 0.1) is 20.3 Å². The van der Waals surface area contributed by atoms with Crippen LogP contribution in [0.3, 0.4) is 0 Å². The lowest BCUT2D eigenvalue weighted by Crippen LogP contribution is -2.41. The second-order valence-corrected chi connectivity index (χ2v) is 8.05. The highest BCUT2D eigenvalue weighted by molar-refractivity contribution is 7.80. The van der Waals surface area contributed by atoms with E-state index in [0.29, 0.717) is 17.3 Å². The Balaban J connectivity index is 1.38. The molecule has 1 N–H and O–H groups in total. The first-order valence-corrected chi connectivity index (χ1v) is 11.2. The van der Waals surface area contributed by atoms with Crippen LogP contribution in [0.25, 0.3) is 11.4 Å². The van der Waals surface area contributed by atoms with Crippen molar-refractivity contribution in [1.29, 1.82) is 0 Å². The highest BCUT2D eigenvalue weighted by Gasteiger charge is 2.24.